The molecule has 3 heterocycles. The molecule has 0 aliphatic carbocycles. The Morgan fingerprint density at radius 3 is 2.79 bits per heavy atom. The van der Waals surface area contributed by atoms with Crippen molar-refractivity contribution in [1.29, 1.82) is 0 Å². The number of anilines is 1. The molecule has 29 heavy (non-hydrogen) atoms. The second-order valence-electron chi connectivity index (χ2n) is 8.48. The Morgan fingerprint density at radius 2 is 1.90 bits per heavy atom. The molecule has 5 heteroatoms. The molecule has 0 spiro atoms. The number of nitrogens with zero attached hydrogens (tertiary/aromatic N) is 1. The van der Waals surface area contributed by atoms with Crippen molar-refractivity contribution in [3.8, 4) is 11.5 Å². The topological polar surface area (TPSA) is 50.8 Å². The number of nitrogens with one attached hydrogen (secondary N) is 1. The van der Waals surface area contributed by atoms with E-state index in [4.69, 9.17) is 9.47 Å². The average molecular weight is 392 g/mol. The van der Waals surface area contributed by atoms with Gasteiger partial charge in [-0.25, -0.2) is 0 Å². The lowest BCUT2D eigenvalue weighted by Crippen LogP contribution is -2.42. The Hall–Kier alpha value is -2.53. The molecule has 1 amide bonds. The Bertz CT molecular complexity index is 889. The highest BCUT2D eigenvalue weighted by molar-refractivity contribution is 5.95. The number of hydrogen-bond donors (Lipinski definition) is 1. The Kier molecular flexibility index (Phi) is 5.15. The fourth-order valence-corrected chi connectivity index (χ4v) is 4.88. The first kappa shape index (κ1) is 18.5. The van der Waals surface area contributed by atoms with Gasteiger partial charge in [0, 0.05) is 12.2 Å². The van der Waals surface area contributed by atoms with Crippen molar-refractivity contribution in [2.75, 3.05) is 31.7 Å². The van der Waals surface area contributed by atoms with Crippen molar-refractivity contribution in [2.45, 2.75) is 32.1 Å². The van der Waals surface area contributed by atoms with Gasteiger partial charge >= 0.3 is 0 Å². The lowest BCUT2D eigenvalue weighted by molar-refractivity contribution is -0.120. The largest absolute Gasteiger partial charge is 0.454 e. The van der Waals surface area contributed by atoms with Crippen molar-refractivity contribution in [2.24, 2.45) is 11.8 Å². The molecule has 1 fully saturated rings. The number of carbonyl (C=O) groups excluding carboxylic acids is 1. The predicted octanol–water partition coefficient (Wildman–Crippen LogP) is 3.87. The van der Waals surface area contributed by atoms with Crippen LogP contribution < -0.4 is 14.8 Å². The molecule has 152 valence electrons. The fraction of sp³-hybridized carbons (Fsp3) is 0.458. The maximum atomic E-state index is 12.5. The first-order valence-electron chi connectivity index (χ1n) is 10.7. The number of para-hydroxylation sites is 2. The van der Waals surface area contributed by atoms with Crippen LogP contribution >= 0.6 is 0 Å². The van der Waals surface area contributed by atoms with Crippen LogP contribution in [0.15, 0.2) is 42.5 Å². The van der Waals surface area contributed by atoms with Gasteiger partial charge in [-0.15, -0.1) is 0 Å². The van der Waals surface area contributed by atoms with Crippen LogP contribution in [0.1, 0.15) is 30.4 Å². The van der Waals surface area contributed by atoms with E-state index in [0.29, 0.717) is 6.79 Å². The number of carbonyl (C=O) groups is 1. The molecular formula is C24H28N2O3. The van der Waals surface area contributed by atoms with Gasteiger partial charge in [-0.1, -0.05) is 30.3 Å². The molecule has 1 N–H and O–H groups in total. The smallest absolute Gasteiger partial charge is 0.231 e. The van der Waals surface area contributed by atoms with Crippen LogP contribution in [0.3, 0.4) is 0 Å². The van der Waals surface area contributed by atoms with E-state index < -0.39 is 0 Å². The molecular weight excluding hydrogens is 364 g/mol. The minimum absolute atomic E-state index is 0.0607. The lowest BCUT2D eigenvalue weighted by Gasteiger charge is -2.35. The zero-order chi connectivity index (χ0) is 19.6. The van der Waals surface area contributed by atoms with Gasteiger partial charge in [0.25, 0.3) is 0 Å². The Balaban J connectivity index is 1.11. The summed E-state index contributed by atoms with van der Waals surface area (Å²) in [6, 6.07) is 14.3. The molecule has 0 radical (unpaired) electrons. The summed E-state index contributed by atoms with van der Waals surface area (Å²) < 4.78 is 11.1. The third-order valence-corrected chi connectivity index (χ3v) is 6.60. The van der Waals surface area contributed by atoms with Gasteiger partial charge in [0.05, 0.1) is 5.92 Å². The van der Waals surface area contributed by atoms with E-state index in [-0.39, 0.29) is 11.8 Å². The van der Waals surface area contributed by atoms with E-state index in [1.54, 1.807) is 0 Å². The van der Waals surface area contributed by atoms with Gasteiger partial charge < -0.3 is 19.7 Å². The predicted molar refractivity (Wildman–Crippen MR) is 112 cm³/mol. The summed E-state index contributed by atoms with van der Waals surface area (Å²) in [6.07, 6.45) is 5.49. The molecule has 0 bridgehead atoms. The number of rotatable bonds is 5. The molecule has 5 nitrogen and oxygen atoms in total. The van der Waals surface area contributed by atoms with Crippen molar-refractivity contribution < 1.29 is 14.3 Å². The molecule has 0 saturated carbocycles. The van der Waals surface area contributed by atoms with Crippen LogP contribution in [-0.2, 0) is 17.6 Å². The van der Waals surface area contributed by atoms with Gasteiger partial charge in [-0.05, 0) is 74.4 Å². The number of fused-ring (bicyclic) bond motifs is 2. The zero-order valence-corrected chi connectivity index (χ0v) is 16.7. The van der Waals surface area contributed by atoms with E-state index in [9.17, 15) is 4.79 Å². The molecule has 5 rings (SSSR count). The van der Waals surface area contributed by atoms with Gasteiger partial charge in [0.1, 0.15) is 0 Å². The third-order valence-electron chi connectivity index (χ3n) is 6.60. The molecule has 1 atom stereocenters. The summed E-state index contributed by atoms with van der Waals surface area (Å²) in [7, 11) is 0. The third kappa shape index (κ3) is 3.97. The fourth-order valence-electron chi connectivity index (χ4n) is 4.88. The summed E-state index contributed by atoms with van der Waals surface area (Å²) in [5.41, 5.74) is 3.50. The van der Waals surface area contributed by atoms with E-state index >= 15 is 0 Å². The highest BCUT2D eigenvalue weighted by Crippen LogP contribution is 2.37. The number of hydrogen-bond acceptors (Lipinski definition) is 4. The van der Waals surface area contributed by atoms with Gasteiger partial charge in [0.2, 0.25) is 12.7 Å². The molecule has 2 aromatic rings. The maximum Gasteiger partial charge on any atom is 0.231 e. The van der Waals surface area contributed by atoms with E-state index in [0.717, 1.165) is 55.6 Å². The minimum Gasteiger partial charge on any atom is -0.454 e. The van der Waals surface area contributed by atoms with Crippen molar-refractivity contribution in [3.05, 3.63) is 53.6 Å². The summed E-state index contributed by atoms with van der Waals surface area (Å²) in [6.45, 7) is 3.37. The van der Waals surface area contributed by atoms with Crippen molar-refractivity contribution >= 4 is 11.6 Å². The first-order chi connectivity index (χ1) is 14.3. The molecule has 0 aromatic heterocycles. The SMILES string of the molecule is O=C1Nc2ccccc2CC1CN1CCC(CCc2cccc3c2OCO3)CC1. The molecule has 2 aromatic carbocycles. The normalized spacial score (nSPS) is 21.7. The lowest BCUT2D eigenvalue weighted by atomic mass is 9.88. The summed E-state index contributed by atoms with van der Waals surface area (Å²) in [5.74, 6) is 2.79. The van der Waals surface area contributed by atoms with Crippen LogP contribution in [0.2, 0.25) is 0 Å². The maximum absolute atomic E-state index is 12.5. The zero-order valence-electron chi connectivity index (χ0n) is 16.7. The summed E-state index contributed by atoms with van der Waals surface area (Å²) >= 11 is 0. The van der Waals surface area contributed by atoms with Crippen molar-refractivity contribution in [3.63, 3.8) is 0 Å². The van der Waals surface area contributed by atoms with E-state index in [1.807, 2.05) is 18.2 Å². The standard InChI is InChI=1S/C24H28N2O3/c27-24-20(14-19-4-1-2-6-21(19)25-24)15-26-12-10-17(11-13-26)8-9-18-5-3-7-22-23(18)29-16-28-22/h1-7,17,20H,8-16H2,(H,25,27). The van der Waals surface area contributed by atoms with Crippen molar-refractivity contribution in [1.82, 2.24) is 4.90 Å². The number of benzene rings is 2. The second-order valence-corrected chi connectivity index (χ2v) is 8.48. The minimum atomic E-state index is 0.0607. The number of aryl methyl sites for hydroxylation is 1. The number of amides is 1. The summed E-state index contributed by atoms with van der Waals surface area (Å²) in [4.78, 5) is 15.0. The molecule has 3 aliphatic heterocycles. The van der Waals surface area contributed by atoms with Crippen LogP contribution in [0.4, 0.5) is 5.69 Å². The van der Waals surface area contributed by atoms with Crippen LogP contribution in [0.5, 0.6) is 11.5 Å². The van der Waals surface area contributed by atoms with E-state index in [2.05, 4.69) is 34.5 Å². The van der Waals surface area contributed by atoms with Crippen LogP contribution in [0.25, 0.3) is 0 Å². The highest BCUT2D eigenvalue weighted by atomic mass is 16.7. The number of ether oxygens (including phenoxy) is 2. The molecule has 3 aliphatic rings. The molecule has 1 unspecified atom stereocenters. The van der Waals surface area contributed by atoms with E-state index in [1.165, 1.54) is 30.4 Å². The monoisotopic (exact) mass is 392 g/mol. The quantitative estimate of drug-likeness (QED) is 0.839. The van der Waals surface area contributed by atoms with Gasteiger partial charge in [-0.2, -0.15) is 0 Å². The second kappa shape index (κ2) is 8.07. The number of likely N-dealkylation sites (tertiary alicyclic amines) is 1. The van der Waals surface area contributed by atoms with Gasteiger partial charge in [-0.3, -0.25) is 4.79 Å². The van der Waals surface area contributed by atoms with Gasteiger partial charge in [0.15, 0.2) is 11.5 Å². The highest BCUT2D eigenvalue weighted by Gasteiger charge is 2.29. The Morgan fingerprint density at radius 1 is 1.03 bits per heavy atom. The Labute approximate surface area is 172 Å². The number of piperidine rings is 1. The molecule has 1 saturated heterocycles. The summed E-state index contributed by atoms with van der Waals surface area (Å²) in [5, 5.41) is 3.08. The first-order valence-corrected chi connectivity index (χ1v) is 10.7. The average Bonchev–Trinajstić information content (AvgIpc) is 3.23. The van der Waals surface area contributed by atoms with Crippen LogP contribution in [0, 0.1) is 11.8 Å². The van der Waals surface area contributed by atoms with Crippen LogP contribution in [-0.4, -0.2) is 37.2 Å².